The maximum absolute atomic E-state index is 12.9. The minimum absolute atomic E-state index is 0.0667. The van der Waals surface area contributed by atoms with Crippen LogP contribution >= 0.6 is 11.6 Å². The van der Waals surface area contributed by atoms with Gasteiger partial charge in [0, 0.05) is 18.0 Å². The van der Waals surface area contributed by atoms with Crippen LogP contribution in [0.25, 0.3) is 22.9 Å². The first-order valence-corrected chi connectivity index (χ1v) is 11.9. The number of imidazole rings is 1. The molecule has 1 fully saturated rings. The molecule has 0 saturated heterocycles. The first kappa shape index (κ1) is 22.5. The van der Waals surface area contributed by atoms with Crippen LogP contribution in [-0.2, 0) is 12.8 Å². The molecule has 0 amide bonds. The van der Waals surface area contributed by atoms with Gasteiger partial charge in [0.1, 0.15) is 0 Å². The summed E-state index contributed by atoms with van der Waals surface area (Å²) in [5, 5.41) is 10.2. The molecule has 2 aromatic heterocycles. The molecule has 3 nitrogen and oxygen atoms in total. The van der Waals surface area contributed by atoms with E-state index in [1.807, 2.05) is 6.07 Å². The van der Waals surface area contributed by atoms with Crippen LogP contribution < -0.4 is 0 Å². The number of rotatable bonds is 3. The number of pyridine rings is 1. The van der Waals surface area contributed by atoms with Crippen LogP contribution in [0.3, 0.4) is 0 Å². The predicted molar refractivity (Wildman–Crippen MR) is 124 cm³/mol. The summed E-state index contributed by atoms with van der Waals surface area (Å²) in [6, 6.07) is 8.02. The Hall–Kier alpha value is -2.31. The zero-order valence-corrected chi connectivity index (χ0v) is 18.9. The highest BCUT2D eigenvalue weighted by Gasteiger charge is 2.30. The van der Waals surface area contributed by atoms with Gasteiger partial charge in [-0.15, -0.1) is 0 Å². The summed E-state index contributed by atoms with van der Waals surface area (Å²) in [4.78, 5) is 4.16. The lowest BCUT2D eigenvalue weighted by Gasteiger charge is -2.30. The van der Waals surface area contributed by atoms with Crippen LogP contribution in [-0.4, -0.2) is 26.8 Å². The average molecular weight is 475 g/mol. The van der Waals surface area contributed by atoms with Crippen molar-refractivity contribution in [3.05, 3.63) is 64.6 Å². The van der Waals surface area contributed by atoms with Crippen LogP contribution in [0.2, 0.25) is 5.02 Å². The van der Waals surface area contributed by atoms with E-state index < -0.39 is 12.6 Å². The van der Waals surface area contributed by atoms with Gasteiger partial charge in [0.15, 0.2) is 5.65 Å². The molecule has 5 rings (SSSR count). The molecule has 0 spiro atoms. The van der Waals surface area contributed by atoms with Crippen LogP contribution in [0.5, 0.6) is 0 Å². The smallest absolute Gasteiger partial charge is 0.393 e. The lowest BCUT2D eigenvalue weighted by Crippen LogP contribution is -2.23. The molecular weight excluding hydrogens is 449 g/mol. The maximum Gasteiger partial charge on any atom is 0.394 e. The number of aliphatic hydroxyl groups is 1. The molecule has 1 saturated carbocycles. The third kappa shape index (κ3) is 4.69. The van der Waals surface area contributed by atoms with Gasteiger partial charge in [0.2, 0.25) is 0 Å². The molecule has 2 heterocycles. The van der Waals surface area contributed by atoms with Crippen molar-refractivity contribution in [1.29, 1.82) is 0 Å². The van der Waals surface area contributed by atoms with E-state index in [9.17, 15) is 18.3 Å². The molecule has 174 valence electrons. The topological polar surface area (TPSA) is 37.5 Å². The molecule has 1 aromatic carbocycles. The maximum atomic E-state index is 12.9. The Balaban J connectivity index is 1.42. The third-order valence-electron chi connectivity index (χ3n) is 7.15. The van der Waals surface area contributed by atoms with Gasteiger partial charge in [-0.3, -0.25) is 0 Å². The third-order valence-corrected chi connectivity index (χ3v) is 7.52. The minimum Gasteiger partial charge on any atom is -0.393 e. The van der Waals surface area contributed by atoms with Crippen molar-refractivity contribution in [1.82, 2.24) is 9.38 Å². The van der Waals surface area contributed by atoms with Gasteiger partial charge in [-0.1, -0.05) is 35.9 Å². The van der Waals surface area contributed by atoms with Gasteiger partial charge < -0.3 is 9.51 Å². The highest BCUT2D eigenvalue weighted by molar-refractivity contribution is 6.36. The quantitative estimate of drug-likeness (QED) is 0.449. The fourth-order valence-corrected chi connectivity index (χ4v) is 5.65. The van der Waals surface area contributed by atoms with Crippen LogP contribution in [0.4, 0.5) is 13.2 Å². The van der Waals surface area contributed by atoms with Gasteiger partial charge in [-0.05, 0) is 79.2 Å². The van der Waals surface area contributed by atoms with Crippen molar-refractivity contribution in [3.8, 4) is 11.1 Å². The first-order valence-electron chi connectivity index (χ1n) is 11.5. The summed E-state index contributed by atoms with van der Waals surface area (Å²) in [7, 11) is 0. The number of aliphatic hydroxyl groups excluding tert-OH is 1. The average Bonchev–Trinajstić information content (AvgIpc) is 3.05. The van der Waals surface area contributed by atoms with E-state index in [0.717, 1.165) is 55.2 Å². The second-order valence-corrected chi connectivity index (χ2v) is 9.70. The van der Waals surface area contributed by atoms with Crippen molar-refractivity contribution in [2.45, 2.75) is 57.2 Å². The Kier molecular flexibility index (Phi) is 6.00. The molecule has 1 N–H and O–H groups in total. The van der Waals surface area contributed by atoms with Crippen molar-refractivity contribution in [3.63, 3.8) is 0 Å². The van der Waals surface area contributed by atoms with E-state index >= 15 is 0 Å². The summed E-state index contributed by atoms with van der Waals surface area (Å²) in [6.45, 7) is 0. The number of nitrogens with zero attached hydrogens (tertiary/aromatic N) is 2. The fourth-order valence-electron chi connectivity index (χ4n) is 5.34. The number of allylic oxidation sites excluding steroid dienone is 1. The predicted octanol–water partition coefficient (Wildman–Crippen LogP) is 6.89. The van der Waals surface area contributed by atoms with E-state index in [1.54, 1.807) is 12.3 Å². The lowest BCUT2D eigenvalue weighted by atomic mass is 9.77. The molecule has 33 heavy (non-hydrogen) atoms. The van der Waals surface area contributed by atoms with Gasteiger partial charge in [-0.2, -0.15) is 13.2 Å². The summed E-state index contributed by atoms with van der Waals surface area (Å²) >= 11 is 6.61. The molecule has 0 aliphatic heterocycles. The fraction of sp³-hybridized carbons (Fsp3) is 0.423. The van der Waals surface area contributed by atoms with E-state index in [0.29, 0.717) is 22.5 Å². The number of hydrogen-bond acceptors (Lipinski definition) is 2. The Morgan fingerprint density at radius 2 is 1.88 bits per heavy atom. The highest BCUT2D eigenvalue weighted by Crippen LogP contribution is 2.38. The standard InChI is InChI=1S/C26H26ClF3N2O/c27-24-23(11-12-32-21(14-26(28,29)30)15-31-25(24)32)20-6-4-18-2-1-16(3-5-19(18)13-20)17-7-9-22(33)10-8-17/h3-6,11-13,15-17,22,33H,1-2,7-10,14H2. The van der Waals surface area contributed by atoms with E-state index in [-0.39, 0.29) is 11.8 Å². The Morgan fingerprint density at radius 1 is 1.09 bits per heavy atom. The number of benzene rings is 1. The lowest BCUT2D eigenvalue weighted by molar-refractivity contribution is -0.127. The Labute approximate surface area is 195 Å². The zero-order valence-electron chi connectivity index (χ0n) is 18.2. The number of alkyl halides is 3. The van der Waals surface area contributed by atoms with Gasteiger partial charge in [-0.25, -0.2) is 4.98 Å². The van der Waals surface area contributed by atoms with E-state index in [2.05, 4.69) is 29.3 Å². The zero-order chi connectivity index (χ0) is 23.2. The summed E-state index contributed by atoms with van der Waals surface area (Å²) in [6.07, 6.45) is 7.92. The molecule has 2 aliphatic rings. The second kappa shape index (κ2) is 8.80. The normalized spacial score (nSPS) is 23.5. The van der Waals surface area contributed by atoms with Gasteiger partial charge >= 0.3 is 6.18 Å². The van der Waals surface area contributed by atoms with E-state index in [4.69, 9.17) is 11.6 Å². The summed E-state index contributed by atoms with van der Waals surface area (Å²) in [5.74, 6) is 1.15. The Bertz CT molecular complexity index is 1190. The van der Waals surface area contributed by atoms with Gasteiger partial charge in [0.25, 0.3) is 0 Å². The largest absolute Gasteiger partial charge is 0.394 e. The first-order chi connectivity index (χ1) is 15.8. The second-order valence-electron chi connectivity index (χ2n) is 9.32. The monoisotopic (exact) mass is 474 g/mol. The van der Waals surface area contributed by atoms with Crippen molar-refractivity contribution in [2.24, 2.45) is 11.8 Å². The van der Waals surface area contributed by atoms with Crippen molar-refractivity contribution < 1.29 is 18.3 Å². The number of halogens is 4. The van der Waals surface area contributed by atoms with Crippen LogP contribution in [0.15, 0.2) is 42.7 Å². The van der Waals surface area contributed by atoms with E-state index in [1.165, 1.54) is 16.2 Å². The summed E-state index contributed by atoms with van der Waals surface area (Å²) < 4.78 is 40.0. The number of aromatic nitrogens is 2. The highest BCUT2D eigenvalue weighted by atomic mass is 35.5. The van der Waals surface area contributed by atoms with Crippen LogP contribution in [0.1, 0.15) is 48.9 Å². The molecule has 1 unspecified atom stereocenters. The number of fused-ring (bicyclic) bond motifs is 2. The number of aryl methyl sites for hydroxylation is 1. The molecule has 0 radical (unpaired) electrons. The molecule has 2 aliphatic carbocycles. The minimum atomic E-state index is -4.31. The van der Waals surface area contributed by atoms with Gasteiger partial charge in [0.05, 0.1) is 23.2 Å². The van der Waals surface area contributed by atoms with Crippen molar-refractivity contribution in [2.75, 3.05) is 0 Å². The molecule has 3 aromatic rings. The summed E-state index contributed by atoms with van der Waals surface area (Å²) in [5.41, 5.74) is 4.52. The molecular formula is C26H26ClF3N2O. The molecule has 0 bridgehead atoms. The Morgan fingerprint density at radius 3 is 2.64 bits per heavy atom. The van der Waals surface area contributed by atoms with Crippen LogP contribution in [0, 0.1) is 11.8 Å². The molecule has 1 atom stereocenters. The SMILES string of the molecule is OC1CCC(C2C=Cc3cc(-c4ccn5c(CC(F)(F)F)cnc5c4Cl)ccc3CC2)CC1. The van der Waals surface area contributed by atoms with Crippen molar-refractivity contribution >= 4 is 23.3 Å². The molecule has 7 heteroatoms. The number of hydrogen-bond donors (Lipinski definition) is 1.